The van der Waals surface area contributed by atoms with Gasteiger partial charge in [0.1, 0.15) is 5.60 Å². The van der Waals surface area contributed by atoms with Gasteiger partial charge in [-0.2, -0.15) is 0 Å². The van der Waals surface area contributed by atoms with Crippen LogP contribution in [0.1, 0.15) is 35.7 Å². The third-order valence-corrected chi connectivity index (χ3v) is 3.20. The summed E-state index contributed by atoms with van der Waals surface area (Å²) in [6, 6.07) is 7.32. The van der Waals surface area contributed by atoms with Crippen molar-refractivity contribution in [2.75, 3.05) is 13.1 Å². The highest BCUT2D eigenvalue weighted by molar-refractivity contribution is 5.95. The summed E-state index contributed by atoms with van der Waals surface area (Å²) in [4.78, 5) is 11.5. The maximum Gasteiger partial charge on any atom is 0.162 e. The lowest BCUT2D eigenvalue weighted by Crippen LogP contribution is -2.28. The van der Waals surface area contributed by atoms with Gasteiger partial charge in [-0.15, -0.1) is 0 Å². The largest absolute Gasteiger partial charge is 0.384 e. The first kappa shape index (κ1) is 11.3. The molecule has 2 N–H and O–H groups in total. The molecule has 1 aliphatic rings. The molecule has 0 aromatic heterocycles. The molecule has 86 valence electrons. The Balaban J connectivity index is 2.22. The Morgan fingerprint density at radius 2 is 2.12 bits per heavy atom. The monoisotopic (exact) mass is 219 g/mol. The van der Waals surface area contributed by atoms with E-state index < -0.39 is 5.60 Å². The van der Waals surface area contributed by atoms with Crippen LogP contribution in [0.5, 0.6) is 0 Å². The van der Waals surface area contributed by atoms with Gasteiger partial charge in [0.05, 0.1) is 0 Å². The normalized spacial score (nSPS) is 24.6. The minimum Gasteiger partial charge on any atom is -0.384 e. The van der Waals surface area contributed by atoms with Crippen molar-refractivity contribution in [1.82, 2.24) is 5.32 Å². The Hall–Kier alpha value is -1.19. The lowest BCUT2D eigenvalue weighted by molar-refractivity contribution is 0.0587. The van der Waals surface area contributed by atoms with E-state index in [9.17, 15) is 9.90 Å². The maximum absolute atomic E-state index is 11.5. The Bertz CT molecular complexity index is 377. The summed E-state index contributed by atoms with van der Waals surface area (Å²) in [5.74, 6) is 0.142. The fraction of sp³-hybridized carbons (Fsp3) is 0.462. The van der Waals surface area contributed by atoms with E-state index in [-0.39, 0.29) is 5.78 Å². The summed E-state index contributed by atoms with van der Waals surface area (Å²) in [5, 5.41) is 13.4. The molecule has 3 heteroatoms. The van der Waals surface area contributed by atoms with Gasteiger partial charge >= 0.3 is 0 Å². The molecular formula is C13H17NO2. The van der Waals surface area contributed by atoms with Gasteiger partial charge < -0.3 is 10.4 Å². The third kappa shape index (κ3) is 2.01. The van der Waals surface area contributed by atoms with E-state index in [0.29, 0.717) is 13.0 Å². The summed E-state index contributed by atoms with van der Waals surface area (Å²) >= 11 is 0. The smallest absolute Gasteiger partial charge is 0.162 e. The van der Waals surface area contributed by atoms with Crippen molar-refractivity contribution in [2.24, 2.45) is 0 Å². The first-order chi connectivity index (χ1) is 7.65. The van der Waals surface area contributed by atoms with Gasteiger partial charge in [0.15, 0.2) is 5.78 Å². The van der Waals surface area contributed by atoms with Crippen LogP contribution in [0, 0.1) is 0 Å². The van der Waals surface area contributed by atoms with Crippen molar-refractivity contribution < 1.29 is 9.90 Å². The summed E-state index contributed by atoms with van der Waals surface area (Å²) in [7, 11) is 0. The van der Waals surface area contributed by atoms with Crippen LogP contribution in [0.2, 0.25) is 0 Å². The molecule has 0 bridgehead atoms. The van der Waals surface area contributed by atoms with Crippen molar-refractivity contribution in [3.8, 4) is 0 Å². The number of carbonyl (C=O) groups is 1. The molecule has 1 heterocycles. The number of ketones is 1. The van der Waals surface area contributed by atoms with Crippen molar-refractivity contribution in [3.05, 3.63) is 35.4 Å². The van der Waals surface area contributed by atoms with Crippen LogP contribution >= 0.6 is 0 Å². The molecule has 0 saturated carbocycles. The van der Waals surface area contributed by atoms with E-state index in [1.807, 2.05) is 19.1 Å². The van der Waals surface area contributed by atoms with Crippen LogP contribution in [0.25, 0.3) is 0 Å². The minimum absolute atomic E-state index is 0.142. The molecule has 0 aliphatic carbocycles. The van der Waals surface area contributed by atoms with Crippen molar-refractivity contribution >= 4 is 5.78 Å². The summed E-state index contributed by atoms with van der Waals surface area (Å²) in [5.41, 5.74) is 0.860. The number of rotatable bonds is 3. The SMILES string of the molecule is CCC(=O)c1ccc(C2(O)CCNC2)cc1. The number of hydrogen-bond donors (Lipinski definition) is 2. The minimum atomic E-state index is -0.756. The maximum atomic E-state index is 11.5. The van der Waals surface area contributed by atoms with Gasteiger partial charge in [-0.3, -0.25) is 4.79 Å². The van der Waals surface area contributed by atoms with E-state index in [1.54, 1.807) is 12.1 Å². The number of carbonyl (C=O) groups excluding carboxylic acids is 1. The Morgan fingerprint density at radius 1 is 1.44 bits per heavy atom. The number of hydrogen-bond acceptors (Lipinski definition) is 3. The van der Waals surface area contributed by atoms with Gasteiger partial charge in [-0.25, -0.2) is 0 Å². The molecule has 0 amide bonds. The van der Waals surface area contributed by atoms with Gasteiger partial charge in [0.25, 0.3) is 0 Å². The van der Waals surface area contributed by atoms with Gasteiger partial charge in [-0.1, -0.05) is 31.2 Å². The number of benzene rings is 1. The number of nitrogens with one attached hydrogen (secondary N) is 1. The standard InChI is InChI=1S/C13H17NO2/c1-2-12(15)10-3-5-11(6-4-10)13(16)7-8-14-9-13/h3-6,14,16H,2,7-9H2,1H3. The van der Waals surface area contributed by atoms with E-state index in [4.69, 9.17) is 0 Å². The van der Waals surface area contributed by atoms with Crippen molar-refractivity contribution in [1.29, 1.82) is 0 Å². The predicted octanol–water partition coefficient (Wildman–Crippen LogP) is 1.46. The highest BCUT2D eigenvalue weighted by atomic mass is 16.3. The van der Waals surface area contributed by atoms with Crippen molar-refractivity contribution in [3.63, 3.8) is 0 Å². The second kappa shape index (κ2) is 4.36. The predicted molar refractivity (Wildman–Crippen MR) is 62.4 cm³/mol. The Labute approximate surface area is 95.5 Å². The van der Waals surface area contributed by atoms with Gasteiger partial charge in [-0.05, 0) is 18.5 Å². The fourth-order valence-corrected chi connectivity index (χ4v) is 2.10. The molecule has 1 saturated heterocycles. The fourth-order valence-electron chi connectivity index (χ4n) is 2.10. The molecule has 1 fully saturated rings. The molecule has 1 unspecified atom stereocenters. The molecule has 1 aromatic carbocycles. The first-order valence-electron chi connectivity index (χ1n) is 5.72. The van der Waals surface area contributed by atoms with Crippen LogP contribution in [0.3, 0.4) is 0 Å². The van der Waals surface area contributed by atoms with Crippen LogP contribution < -0.4 is 5.32 Å². The average molecular weight is 219 g/mol. The molecule has 1 atom stereocenters. The number of aliphatic hydroxyl groups is 1. The summed E-state index contributed by atoms with van der Waals surface area (Å²) in [6.45, 7) is 3.28. The summed E-state index contributed by atoms with van der Waals surface area (Å²) < 4.78 is 0. The molecule has 16 heavy (non-hydrogen) atoms. The molecule has 0 spiro atoms. The molecule has 2 rings (SSSR count). The summed E-state index contributed by atoms with van der Waals surface area (Å²) in [6.07, 6.45) is 1.25. The van der Waals surface area contributed by atoms with Gasteiger partial charge in [0, 0.05) is 18.5 Å². The zero-order valence-corrected chi connectivity index (χ0v) is 9.49. The lowest BCUT2D eigenvalue weighted by Gasteiger charge is -2.21. The topological polar surface area (TPSA) is 49.3 Å². The molecule has 1 aromatic rings. The molecule has 1 aliphatic heterocycles. The average Bonchev–Trinajstić information content (AvgIpc) is 2.77. The van der Waals surface area contributed by atoms with Crippen LogP contribution in [-0.4, -0.2) is 24.0 Å². The number of Topliss-reactive ketones (excluding diaryl/α,β-unsaturated/α-hetero) is 1. The van der Waals surface area contributed by atoms with E-state index in [1.165, 1.54) is 0 Å². The van der Waals surface area contributed by atoms with Gasteiger partial charge in [0.2, 0.25) is 0 Å². The molecule has 0 radical (unpaired) electrons. The number of β-amino-alcohol motifs (C(OH)–C–C–N with tert-alkyl or cyclic N) is 1. The molecule has 3 nitrogen and oxygen atoms in total. The van der Waals surface area contributed by atoms with Crippen LogP contribution in [-0.2, 0) is 5.60 Å². The quantitative estimate of drug-likeness (QED) is 0.757. The van der Waals surface area contributed by atoms with E-state index >= 15 is 0 Å². The van der Waals surface area contributed by atoms with E-state index in [2.05, 4.69) is 5.32 Å². The second-order valence-corrected chi connectivity index (χ2v) is 4.31. The highest BCUT2D eigenvalue weighted by Gasteiger charge is 2.32. The first-order valence-corrected chi connectivity index (χ1v) is 5.72. The Morgan fingerprint density at radius 3 is 2.62 bits per heavy atom. The lowest BCUT2D eigenvalue weighted by atomic mass is 9.92. The molecular weight excluding hydrogens is 202 g/mol. The highest BCUT2D eigenvalue weighted by Crippen LogP contribution is 2.27. The Kier molecular flexibility index (Phi) is 3.08. The van der Waals surface area contributed by atoms with Crippen molar-refractivity contribution in [2.45, 2.75) is 25.4 Å². The second-order valence-electron chi connectivity index (χ2n) is 4.31. The zero-order valence-electron chi connectivity index (χ0n) is 9.49. The van der Waals surface area contributed by atoms with Crippen LogP contribution in [0.15, 0.2) is 24.3 Å². The van der Waals surface area contributed by atoms with Crippen LogP contribution in [0.4, 0.5) is 0 Å². The van der Waals surface area contributed by atoms with E-state index in [0.717, 1.165) is 24.1 Å². The third-order valence-electron chi connectivity index (χ3n) is 3.20. The zero-order chi connectivity index (χ0) is 11.6.